The number of likely N-dealkylation sites (tertiary alicyclic amines) is 1. The quantitative estimate of drug-likeness (QED) is 0.831. The maximum atomic E-state index is 11.2. The molecule has 2 unspecified atom stereocenters. The first-order chi connectivity index (χ1) is 9.94. The van der Waals surface area contributed by atoms with Gasteiger partial charge in [0.05, 0.1) is 7.11 Å². The molecule has 0 aliphatic carbocycles. The molecule has 2 atom stereocenters. The summed E-state index contributed by atoms with van der Waals surface area (Å²) in [5, 5.41) is 9.17. The van der Waals surface area contributed by atoms with Crippen LogP contribution in [0.25, 0.3) is 0 Å². The third kappa shape index (κ3) is 3.74. The summed E-state index contributed by atoms with van der Waals surface area (Å²) in [4.78, 5) is 13.3. The Morgan fingerprint density at radius 1 is 1.48 bits per heavy atom. The van der Waals surface area contributed by atoms with Gasteiger partial charge in [0.2, 0.25) is 0 Å². The number of nitrogens with two attached hydrogens (primary N) is 1. The van der Waals surface area contributed by atoms with Gasteiger partial charge in [0.25, 0.3) is 0 Å². The van der Waals surface area contributed by atoms with Crippen molar-refractivity contribution in [3.05, 3.63) is 29.8 Å². The van der Waals surface area contributed by atoms with Crippen LogP contribution in [0.1, 0.15) is 25.3 Å². The number of benzene rings is 1. The summed E-state index contributed by atoms with van der Waals surface area (Å²) in [5.41, 5.74) is 6.10. The largest absolute Gasteiger partial charge is 0.497 e. The van der Waals surface area contributed by atoms with E-state index in [9.17, 15) is 4.79 Å². The van der Waals surface area contributed by atoms with Crippen molar-refractivity contribution >= 4 is 5.97 Å². The molecule has 0 spiro atoms. The number of hydrogen-bond donors (Lipinski definition) is 2. The van der Waals surface area contributed by atoms with Gasteiger partial charge in [-0.25, -0.2) is 0 Å². The normalized spacial score (nSPS) is 24.0. The molecule has 0 amide bonds. The lowest BCUT2D eigenvalue weighted by molar-refractivity contribution is -0.142. The first kappa shape index (κ1) is 15.8. The molecule has 3 N–H and O–H groups in total. The van der Waals surface area contributed by atoms with Crippen LogP contribution in [0.5, 0.6) is 5.75 Å². The molecule has 21 heavy (non-hydrogen) atoms. The zero-order valence-corrected chi connectivity index (χ0v) is 12.7. The Bertz CT molecular complexity index is 489. The van der Waals surface area contributed by atoms with Crippen molar-refractivity contribution in [1.29, 1.82) is 0 Å². The van der Waals surface area contributed by atoms with Crippen molar-refractivity contribution in [2.24, 2.45) is 5.73 Å². The van der Waals surface area contributed by atoms with E-state index in [2.05, 4.69) is 24.0 Å². The molecular formula is C16H24N2O3. The molecule has 0 saturated carbocycles. The maximum Gasteiger partial charge on any atom is 0.325 e. The Balaban J connectivity index is 1.84. The maximum absolute atomic E-state index is 11.2. The molecule has 1 saturated heterocycles. The van der Waals surface area contributed by atoms with Gasteiger partial charge in [-0.1, -0.05) is 12.1 Å². The lowest BCUT2D eigenvalue weighted by Gasteiger charge is -2.26. The lowest BCUT2D eigenvalue weighted by atomic mass is 10.0. The van der Waals surface area contributed by atoms with Crippen LogP contribution in [0.2, 0.25) is 0 Å². The second-order valence-corrected chi connectivity index (χ2v) is 5.92. The molecule has 5 heteroatoms. The molecule has 116 valence electrons. The summed E-state index contributed by atoms with van der Waals surface area (Å²) in [5.74, 6) is -0.0342. The van der Waals surface area contributed by atoms with Crippen LogP contribution in [-0.4, -0.2) is 47.8 Å². The summed E-state index contributed by atoms with van der Waals surface area (Å²) in [6.07, 6.45) is 2.48. The van der Waals surface area contributed by atoms with Gasteiger partial charge in [-0.05, 0) is 43.9 Å². The molecule has 0 aromatic heterocycles. The fourth-order valence-electron chi connectivity index (χ4n) is 2.76. The van der Waals surface area contributed by atoms with Crippen LogP contribution in [0.15, 0.2) is 24.3 Å². The average Bonchev–Trinajstić information content (AvgIpc) is 2.89. The number of carbonyl (C=O) groups is 1. The number of nitrogens with zero attached hydrogens (tertiary/aromatic N) is 1. The van der Waals surface area contributed by atoms with Crippen molar-refractivity contribution in [1.82, 2.24) is 4.90 Å². The van der Waals surface area contributed by atoms with Crippen LogP contribution in [-0.2, 0) is 11.2 Å². The highest BCUT2D eigenvalue weighted by molar-refractivity contribution is 5.79. The van der Waals surface area contributed by atoms with Gasteiger partial charge in [0, 0.05) is 19.1 Å². The summed E-state index contributed by atoms with van der Waals surface area (Å²) in [7, 11) is 1.66. The highest BCUT2D eigenvalue weighted by atomic mass is 16.5. The number of carboxylic acids is 1. The van der Waals surface area contributed by atoms with E-state index in [1.165, 1.54) is 5.56 Å². The van der Waals surface area contributed by atoms with E-state index in [-0.39, 0.29) is 0 Å². The molecule has 0 radical (unpaired) electrons. The predicted octanol–water partition coefficient (Wildman–Crippen LogP) is 1.50. The number of carboxylic acid groups (broad SMARTS) is 1. The monoisotopic (exact) mass is 292 g/mol. The molecule has 1 aliphatic heterocycles. The number of aryl methyl sites for hydroxylation is 1. The van der Waals surface area contributed by atoms with Gasteiger partial charge in [-0.2, -0.15) is 0 Å². The second kappa shape index (κ2) is 6.45. The minimum Gasteiger partial charge on any atom is -0.497 e. The SMILES string of the molecule is COc1ccc(CCC(C)N2CCC(N)(C(=O)O)C2)cc1. The second-order valence-electron chi connectivity index (χ2n) is 5.92. The summed E-state index contributed by atoms with van der Waals surface area (Å²) >= 11 is 0. The van der Waals surface area contributed by atoms with Crippen molar-refractivity contribution in [3.63, 3.8) is 0 Å². The van der Waals surface area contributed by atoms with Crippen LogP contribution < -0.4 is 10.5 Å². The average molecular weight is 292 g/mol. The molecule has 1 aliphatic rings. The van der Waals surface area contributed by atoms with Crippen LogP contribution in [0, 0.1) is 0 Å². The van der Waals surface area contributed by atoms with Gasteiger partial charge in [0.15, 0.2) is 0 Å². The fourth-order valence-corrected chi connectivity index (χ4v) is 2.76. The smallest absolute Gasteiger partial charge is 0.325 e. The molecule has 1 fully saturated rings. The van der Waals surface area contributed by atoms with E-state index in [0.29, 0.717) is 19.0 Å². The van der Waals surface area contributed by atoms with E-state index in [4.69, 9.17) is 15.6 Å². The molecule has 1 aromatic carbocycles. The number of ether oxygens (including phenoxy) is 1. The van der Waals surface area contributed by atoms with Crippen molar-refractivity contribution in [3.8, 4) is 5.75 Å². The van der Waals surface area contributed by atoms with Gasteiger partial charge >= 0.3 is 5.97 Å². The summed E-state index contributed by atoms with van der Waals surface area (Å²) in [6.45, 7) is 3.33. The molecule has 1 heterocycles. The third-order valence-electron chi connectivity index (χ3n) is 4.39. The van der Waals surface area contributed by atoms with Gasteiger partial charge in [0.1, 0.15) is 11.3 Å². The zero-order valence-electron chi connectivity index (χ0n) is 12.7. The van der Waals surface area contributed by atoms with Crippen molar-refractivity contribution in [2.75, 3.05) is 20.2 Å². The molecule has 0 bridgehead atoms. The predicted molar refractivity (Wildman–Crippen MR) is 81.5 cm³/mol. The van der Waals surface area contributed by atoms with E-state index in [0.717, 1.165) is 25.1 Å². The third-order valence-corrected chi connectivity index (χ3v) is 4.39. The minimum absolute atomic E-state index is 0.330. The Morgan fingerprint density at radius 2 is 2.14 bits per heavy atom. The van der Waals surface area contributed by atoms with E-state index >= 15 is 0 Å². The Kier molecular flexibility index (Phi) is 4.85. The highest BCUT2D eigenvalue weighted by Crippen LogP contribution is 2.23. The Hall–Kier alpha value is -1.59. The van der Waals surface area contributed by atoms with E-state index in [1.54, 1.807) is 7.11 Å². The standard InChI is InChI=1S/C16H24N2O3/c1-12(18-10-9-16(17,11-18)15(19)20)3-4-13-5-7-14(21-2)8-6-13/h5-8,12H,3-4,9-11,17H2,1-2H3,(H,19,20). The van der Waals surface area contributed by atoms with E-state index in [1.807, 2.05) is 12.1 Å². The van der Waals surface area contributed by atoms with Gasteiger partial charge in [-0.3, -0.25) is 9.69 Å². The number of hydrogen-bond acceptors (Lipinski definition) is 4. The number of rotatable bonds is 6. The van der Waals surface area contributed by atoms with Gasteiger partial charge in [-0.15, -0.1) is 0 Å². The molecule has 2 rings (SSSR count). The zero-order chi connectivity index (χ0) is 15.5. The number of methoxy groups -OCH3 is 1. The minimum atomic E-state index is -1.08. The van der Waals surface area contributed by atoms with E-state index < -0.39 is 11.5 Å². The van der Waals surface area contributed by atoms with Gasteiger partial charge < -0.3 is 15.6 Å². The summed E-state index contributed by atoms with van der Waals surface area (Å²) in [6, 6.07) is 8.40. The van der Waals surface area contributed by atoms with Crippen LogP contribution in [0.3, 0.4) is 0 Å². The molecule has 1 aromatic rings. The Morgan fingerprint density at radius 3 is 2.67 bits per heavy atom. The van der Waals surface area contributed by atoms with Crippen molar-refractivity contribution in [2.45, 2.75) is 37.8 Å². The van der Waals surface area contributed by atoms with Crippen LogP contribution >= 0.6 is 0 Å². The highest BCUT2D eigenvalue weighted by Gasteiger charge is 2.42. The first-order valence-corrected chi connectivity index (χ1v) is 7.34. The molecular weight excluding hydrogens is 268 g/mol. The molecule has 5 nitrogen and oxygen atoms in total. The lowest BCUT2D eigenvalue weighted by Crippen LogP contribution is -2.50. The first-order valence-electron chi connectivity index (χ1n) is 7.34. The summed E-state index contributed by atoms with van der Waals surface area (Å²) < 4.78 is 5.14. The van der Waals surface area contributed by atoms with Crippen molar-refractivity contribution < 1.29 is 14.6 Å². The number of aliphatic carboxylic acids is 1. The Labute approximate surface area is 125 Å². The fraction of sp³-hybridized carbons (Fsp3) is 0.562. The topological polar surface area (TPSA) is 75.8 Å². The van der Waals surface area contributed by atoms with Crippen LogP contribution in [0.4, 0.5) is 0 Å².